The van der Waals surface area contributed by atoms with Crippen LogP contribution in [0.2, 0.25) is 0 Å². The van der Waals surface area contributed by atoms with Gasteiger partial charge in [0.2, 0.25) is 11.8 Å². The van der Waals surface area contributed by atoms with Gasteiger partial charge in [0.15, 0.2) is 0 Å². The van der Waals surface area contributed by atoms with Crippen molar-refractivity contribution in [1.29, 1.82) is 0 Å². The SMILES string of the molecule is COc1ccc(OC)c(C(O)CN2C(=O)CCC2=O)c1. The first kappa shape index (κ1) is 14.3. The van der Waals surface area contributed by atoms with Crippen molar-refractivity contribution in [1.82, 2.24) is 4.90 Å². The molecule has 1 aromatic rings. The molecule has 0 spiro atoms. The molecule has 0 radical (unpaired) electrons. The summed E-state index contributed by atoms with van der Waals surface area (Å²) in [5.74, 6) is 0.545. The van der Waals surface area contributed by atoms with Crippen molar-refractivity contribution in [3.05, 3.63) is 23.8 Å². The normalized spacial score (nSPS) is 16.4. The molecule has 1 N–H and O–H groups in total. The Kier molecular flexibility index (Phi) is 4.24. The Labute approximate surface area is 116 Å². The molecule has 2 rings (SSSR count). The van der Waals surface area contributed by atoms with Gasteiger partial charge in [-0.3, -0.25) is 14.5 Å². The van der Waals surface area contributed by atoms with Crippen LogP contribution in [-0.4, -0.2) is 42.6 Å². The predicted octanol–water partition coefficient (Wildman–Crippen LogP) is 0.886. The van der Waals surface area contributed by atoms with E-state index in [4.69, 9.17) is 9.47 Å². The third-order valence-electron chi connectivity index (χ3n) is 3.31. The molecule has 6 nitrogen and oxygen atoms in total. The summed E-state index contributed by atoms with van der Waals surface area (Å²) in [6, 6.07) is 5.01. The average Bonchev–Trinajstić information content (AvgIpc) is 2.78. The van der Waals surface area contributed by atoms with Gasteiger partial charge in [-0.1, -0.05) is 0 Å². The van der Waals surface area contributed by atoms with Crippen LogP contribution in [0.3, 0.4) is 0 Å². The monoisotopic (exact) mass is 279 g/mol. The molecule has 1 aliphatic heterocycles. The Morgan fingerprint density at radius 2 is 1.85 bits per heavy atom. The summed E-state index contributed by atoms with van der Waals surface area (Å²) in [4.78, 5) is 24.2. The van der Waals surface area contributed by atoms with Gasteiger partial charge >= 0.3 is 0 Å². The summed E-state index contributed by atoms with van der Waals surface area (Å²) >= 11 is 0. The van der Waals surface area contributed by atoms with E-state index in [1.54, 1.807) is 18.2 Å². The maximum absolute atomic E-state index is 11.6. The number of imide groups is 1. The lowest BCUT2D eigenvalue weighted by atomic mass is 10.1. The maximum Gasteiger partial charge on any atom is 0.229 e. The fourth-order valence-electron chi connectivity index (χ4n) is 2.20. The quantitative estimate of drug-likeness (QED) is 0.810. The highest BCUT2D eigenvalue weighted by atomic mass is 16.5. The second-order valence-corrected chi connectivity index (χ2v) is 4.52. The van der Waals surface area contributed by atoms with Crippen LogP contribution in [0, 0.1) is 0 Å². The van der Waals surface area contributed by atoms with Gasteiger partial charge in [0.05, 0.1) is 20.8 Å². The number of hydrogen-bond acceptors (Lipinski definition) is 5. The summed E-state index contributed by atoms with van der Waals surface area (Å²) in [5, 5.41) is 10.3. The van der Waals surface area contributed by atoms with E-state index in [9.17, 15) is 14.7 Å². The Morgan fingerprint density at radius 3 is 2.40 bits per heavy atom. The number of amides is 2. The number of aliphatic hydroxyl groups is 1. The van der Waals surface area contributed by atoms with Crippen molar-refractivity contribution < 1.29 is 24.2 Å². The van der Waals surface area contributed by atoms with Gasteiger partial charge in [0.25, 0.3) is 0 Å². The fourth-order valence-corrected chi connectivity index (χ4v) is 2.20. The lowest BCUT2D eigenvalue weighted by Crippen LogP contribution is -2.33. The van der Waals surface area contributed by atoms with Crippen molar-refractivity contribution in [2.45, 2.75) is 18.9 Å². The van der Waals surface area contributed by atoms with Gasteiger partial charge in [-0.15, -0.1) is 0 Å². The molecule has 1 aliphatic rings. The molecule has 1 aromatic carbocycles. The van der Waals surface area contributed by atoms with Crippen LogP contribution in [0.4, 0.5) is 0 Å². The highest BCUT2D eigenvalue weighted by molar-refractivity contribution is 6.01. The Balaban J connectivity index is 2.21. The van der Waals surface area contributed by atoms with Crippen molar-refractivity contribution in [3.8, 4) is 11.5 Å². The molecule has 0 bridgehead atoms. The minimum Gasteiger partial charge on any atom is -0.497 e. The van der Waals surface area contributed by atoms with E-state index in [0.717, 1.165) is 4.90 Å². The molecular weight excluding hydrogens is 262 g/mol. The van der Waals surface area contributed by atoms with Crippen LogP contribution in [-0.2, 0) is 9.59 Å². The first-order chi connectivity index (χ1) is 9.56. The van der Waals surface area contributed by atoms with Crippen LogP contribution in [0.15, 0.2) is 18.2 Å². The second kappa shape index (κ2) is 5.92. The van der Waals surface area contributed by atoms with Crippen LogP contribution >= 0.6 is 0 Å². The van der Waals surface area contributed by atoms with Crippen molar-refractivity contribution in [3.63, 3.8) is 0 Å². The lowest BCUT2D eigenvalue weighted by molar-refractivity contribution is -0.140. The molecule has 2 amide bonds. The zero-order chi connectivity index (χ0) is 14.7. The number of benzene rings is 1. The number of methoxy groups -OCH3 is 2. The Morgan fingerprint density at radius 1 is 1.20 bits per heavy atom. The van der Waals surface area contributed by atoms with E-state index in [2.05, 4.69) is 0 Å². The third kappa shape index (κ3) is 2.75. The molecule has 6 heteroatoms. The maximum atomic E-state index is 11.6. The molecule has 1 heterocycles. The van der Waals surface area contributed by atoms with E-state index in [1.165, 1.54) is 14.2 Å². The van der Waals surface area contributed by atoms with Crippen molar-refractivity contribution >= 4 is 11.8 Å². The summed E-state index contributed by atoms with van der Waals surface area (Å²) in [6.45, 7) is -0.0683. The topological polar surface area (TPSA) is 76.1 Å². The summed E-state index contributed by atoms with van der Waals surface area (Å²) in [7, 11) is 3.01. The summed E-state index contributed by atoms with van der Waals surface area (Å²) < 4.78 is 10.3. The van der Waals surface area contributed by atoms with E-state index >= 15 is 0 Å². The number of likely N-dealkylation sites (tertiary alicyclic amines) is 1. The smallest absolute Gasteiger partial charge is 0.229 e. The largest absolute Gasteiger partial charge is 0.497 e. The minimum atomic E-state index is -1.01. The summed E-state index contributed by atoms with van der Waals surface area (Å²) in [5.41, 5.74) is 0.486. The molecule has 108 valence electrons. The number of carbonyl (C=O) groups excluding carboxylic acids is 2. The number of hydrogen-bond donors (Lipinski definition) is 1. The molecule has 1 fully saturated rings. The molecule has 20 heavy (non-hydrogen) atoms. The van der Waals surface area contributed by atoms with E-state index in [-0.39, 0.29) is 31.2 Å². The van der Waals surface area contributed by atoms with Crippen LogP contribution in [0.25, 0.3) is 0 Å². The van der Waals surface area contributed by atoms with Crippen LogP contribution < -0.4 is 9.47 Å². The van der Waals surface area contributed by atoms with Crippen molar-refractivity contribution in [2.24, 2.45) is 0 Å². The first-order valence-corrected chi connectivity index (χ1v) is 6.30. The first-order valence-electron chi connectivity index (χ1n) is 6.30. The zero-order valence-electron chi connectivity index (χ0n) is 11.5. The number of aliphatic hydroxyl groups excluding tert-OH is 1. The van der Waals surface area contributed by atoms with Crippen LogP contribution in [0.1, 0.15) is 24.5 Å². The van der Waals surface area contributed by atoms with Gasteiger partial charge < -0.3 is 14.6 Å². The van der Waals surface area contributed by atoms with E-state index < -0.39 is 6.10 Å². The molecule has 0 aromatic heterocycles. The van der Waals surface area contributed by atoms with Gasteiger partial charge in [-0.2, -0.15) is 0 Å². The van der Waals surface area contributed by atoms with Gasteiger partial charge in [-0.05, 0) is 18.2 Å². The fraction of sp³-hybridized carbons (Fsp3) is 0.429. The average molecular weight is 279 g/mol. The van der Waals surface area contributed by atoms with Gasteiger partial charge in [0.1, 0.15) is 17.6 Å². The zero-order valence-corrected chi connectivity index (χ0v) is 11.5. The number of rotatable bonds is 5. The van der Waals surface area contributed by atoms with Gasteiger partial charge in [0, 0.05) is 18.4 Å². The van der Waals surface area contributed by atoms with Crippen LogP contribution in [0.5, 0.6) is 11.5 Å². The molecule has 0 saturated carbocycles. The van der Waals surface area contributed by atoms with E-state index in [0.29, 0.717) is 17.1 Å². The number of β-amino-alcohol motifs (C(OH)–C–C–N with tert-alkyl or cyclic N) is 1. The van der Waals surface area contributed by atoms with Crippen molar-refractivity contribution in [2.75, 3.05) is 20.8 Å². The number of nitrogens with zero attached hydrogens (tertiary/aromatic N) is 1. The van der Waals surface area contributed by atoms with Gasteiger partial charge in [-0.25, -0.2) is 0 Å². The molecule has 0 aliphatic carbocycles. The minimum absolute atomic E-state index is 0.0683. The summed E-state index contributed by atoms with van der Waals surface area (Å²) in [6.07, 6.45) is -0.590. The highest BCUT2D eigenvalue weighted by Gasteiger charge is 2.31. The predicted molar refractivity (Wildman–Crippen MR) is 70.5 cm³/mol. The molecule has 1 saturated heterocycles. The standard InChI is InChI=1S/C14H17NO5/c1-19-9-3-4-12(20-2)10(7-9)11(16)8-15-13(17)5-6-14(15)18/h3-4,7,11,16H,5-6,8H2,1-2H3. The Bertz CT molecular complexity index is 512. The second-order valence-electron chi connectivity index (χ2n) is 4.52. The number of carbonyl (C=O) groups is 2. The van der Waals surface area contributed by atoms with E-state index in [1.807, 2.05) is 0 Å². The molecule has 1 atom stereocenters. The molecule has 1 unspecified atom stereocenters. The molecular formula is C14H17NO5. The lowest BCUT2D eigenvalue weighted by Gasteiger charge is -2.20. The third-order valence-corrected chi connectivity index (χ3v) is 3.31. The number of ether oxygens (including phenoxy) is 2. The Hall–Kier alpha value is -2.08. The highest BCUT2D eigenvalue weighted by Crippen LogP contribution is 2.30.